The number of rotatable bonds is 10. The topological polar surface area (TPSA) is 50.7 Å². The van der Waals surface area contributed by atoms with E-state index in [1.807, 2.05) is 12.1 Å². The molecule has 4 nitrogen and oxygen atoms in total. The Kier molecular flexibility index (Phi) is 7.54. The van der Waals surface area contributed by atoms with Crippen LogP contribution in [0.1, 0.15) is 32.3 Å². The molecule has 4 heteroatoms. The van der Waals surface area contributed by atoms with Crippen LogP contribution in [0.15, 0.2) is 18.2 Å². The lowest BCUT2D eigenvalue weighted by molar-refractivity contribution is 0.113. The minimum Gasteiger partial charge on any atom is -0.493 e. The molecule has 0 heterocycles. The summed E-state index contributed by atoms with van der Waals surface area (Å²) in [5.41, 5.74) is 1.22. The Balaban J connectivity index is 2.49. The molecule has 0 spiro atoms. The molecule has 2 N–H and O–H groups in total. The fraction of sp³-hybridized carbons (Fsp3) is 0.647. The monoisotopic (exact) mass is 295 g/mol. The van der Waals surface area contributed by atoms with Crippen LogP contribution in [0.3, 0.4) is 0 Å². The van der Waals surface area contributed by atoms with Gasteiger partial charge in [-0.15, -0.1) is 0 Å². The number of benzene rings is 1. The lowest BCUT2D eigenvalue weighted by Crippen LogP contribution is -2.37. The van der Waals surface area contributed by atoms with Crippen LogP contribution in [0.25, 0.3) is 0 Å². The van der Waals surface area contributed by atoms with Gasteiger partial charge < -0.3 is 19.9 Å². The van der Waals surface area contributed by atoms with E-state index in [9.17, 15) is 5.11 Å². The molecule has 120 valence electrons. The van der Waals surface area contributed by atoms with Gasteiger partial charge in [-0.3, -0.25) is 0 Å². The molecule has 0 aliphatic rings. The minimum atomic E-state index is 0.0115. The van der Waals surface area contributed by atoms with Gasteiger partial charge in [0, 0.05) is 18.6 Å². The molecule has 1 aromatic rings. The zero-order valence-electron chi connectivity index (χ0n) is 13.7. The van der Waals surface area contributed by atoms with Gasteiger partial charge in [-0.05, 0) is 43.5 Å². The average Bonchev–Trinajstić information content (AvgIpc) is 2.55. The number of hydrogen-bond acceptors (Lipinski definition) is 4. The first-order valence-corrected chi connectivity index (χ1v) is 7.67. The molecule has 0 radical (unpaired) electrons. The number of aliphatic hydroxyl groups excluding tert-OH is 1. The van der Waals surface area contributed by atoms with Crippen LogP contribution < -0.4 is 14.8 Å². The number of hydrogen-bond donors (Lipinski definition) is 2. The maximum absolute atomic E-state index is 9.55. The van der Waals surface area contributed by atoms with Gasteiger partial charge in [0.2, 0.25) is 0 Å². The van der Waals surface area contributed by atoms with E-state index in [2.05, 4.69) is 25.2 Å². The van der Waals surface area contributed by atoms with Crippen LogP contribution in [0.5, 0.6) is 11.5 Å². The summed E-state index contributed by atoms with van der Waals surface area (Å²) in [6.07, 6.45) is 2.90. The first-order chi connectivity index (χ1) is 10.1. The molecule has 0 saturated carbocycles. The third-order valence-electron chi connectivity index (χ3n) is 4.37. The van der Waals surface area contributed by atoms with Crippen molar-refractivity contribution in [2.24, 2.45) is 5.41 Å². The summed E-state index contributed by atoms with van der Waals surface area (Å²) in [5.74, 6) is 1.52. The van der Waals surface area contributed by atoms with Gasteiger partial charge in [0.1, 0.15) is 0 Å². The van der Waals surface area contributed by atoms with Gasteiger partial charge in [0.15, 0.2) is 11.5 Å². The maximum atomic E-state index is 9.55. The fourth-order valence-electron chi connectivity index (χ4n) is 2.40. The average molecular weight is 295 g/mol. The minimum absolute atomic E-state index is 0.0115. The summed E-state index contributed by atoms with van der Waals surface area (Å²) in [6.45, 7) is 6.25. The molecule has 0 fully saturated rings. The fourth-order valence-corrected chi connectivity index (χ4v) is 2.40. The van der Waals surface area contributed by atoms with Crippen molar-refractivity contribution in [2.45, 2.75) is 33.1 Å². The summed E-state index contributed by atoms with van der Waals surface area (Å²) in [5, 5.41) is 13.0. The molecule has 21 heavy (non-hydrogen) atoms. The van der Waals surface area contributed by atoms with Crippen molar-refractivity contribution >= 4 is 0 Å². The van der Waals surface area contributed by atoms with Crippen molar-refractivity contribution in [1.82, 2.24) is 5.32 Å². The van der Waals surface area contributed by atoms with Crippen molar-refractivity contribution in [2.75, 3.05) is 33.9 Å². The van der Waals surface area contributed by atoms with E-state index in [0.717, 1.165) is 43.9 Å². The molecular formula is C17H29NO3. The smallest absolute Gasteiger partial charge is 0.160 e. The van der Waals surface area contributed by atoms with Crippen molar-refractivity contribution in [3.8, 4) is 11.5 Å². The first kappa shape index (κ1) is 17.8. The summed E-state index contributed by atoms with van der Waals surface area (Å²) in [7, 11) is 3.29. The molecule has 1 rings (SSSR count). The van der Waals surface area contributed by atoms with Gasteiger partial charge in [0.25, 0.3) is 0 Å². The van der Waals surface area contributed by atoms with Gasteiger partial charge >= 0.3 is 0 Å². The number of nitrogens with one attached hydrogen (secondary N) is 1. The predicted molar refractivity (Wildman–Crippen MR) is 86.2 cm³/mol. The molecule has 0 atom stereocenters. The molecule has 0 aromatic heterocycles. The van der Waals surface area contributed by atoms with Crippen LogP contribution in [-0.2, 0) is 6.42 Å². The Morgan fingerprint density at radius 1 is 1.10 bits per heavy atom. The highest BCUT2D eigenvalue weighted by atomic mass is 16.5. The lowest BCUT2D eigenvalue weighted by atomic mass is 9.83. The van der Waals surface area contributed by atoms with Crippen molar-refractivity contribution < 1.29 is 14.6 Å². The van der Waals surface area contributed by atoms with Crippen LogP contribution in [0, 0.1) is 5.41 Å². The van der Waals surface area contributed by atoms with E-state index in [0.29, 0.717) is 0 Å². The van der Waals surface area contributed by atoms with Gasteiger partial charge in [-0.1, -0.05) is 19.9 Å². The standard InChI is InChI=1S/C17H29NO3/c1-5-17(6-2,13-19)12-18-10-9-14-7-8-15(20-3)16(11-14)21-4/h7-8,11,18-19H,5-6,9-10,12-13H2,1-4H3. The number of aliphatic hydroxyl groups is 1. The number of methoxy groups -OCH3 is 2. The lowest BCUT2D eigenvalue weighted by Gasteiger charge is -2.29. The molecule has 0 aliphatic heterocycles. The normalized spacial score (nSPS) is 11.5. The van der Waals surface area contributed by atoms with E-state index < -0.39 is 0 Å². The Labute approximate surface area is 128 Å². The molecule has 1 aromatic carbocycles. The summed E-state index contributed by atoms with van der Waals surface area (Å²) in [6, 6.07) is 6.01. The van der Waals surface area contributed by atoms with E-state index in [1.54, 1.807) is 14.2 Å². The highest BCUT2D eigenvalue weighted by Gasteiger charge is 2.24. The van der Waals surface area contributed by atoms with Crippen molar-refractivity contribution in [3.63, 3.8) is 0 Å². The van der Waals surface area contributed by atoms with Crippen LogP contribution >= 0.6 is 0 Å². The summed E-state index contributed by atoms with van der Waals surface area (Å²) in [4.78, 5) is 0. The number of ether oxygens (including phenoxy) is 2. The summed E-state index contributed by atoms with van der Waals surface area (Å²) >= 11 is 0. The van der Waals surface area contributed by atoms with Crippen LogP contribution in [-0.4, -0.2) is 39.0 Å². The molecule has 0 unspecified atom stereocenters. The second-order valence-corrected chi connectivity index (χ2v) is 5.48. The molecule has 0 saturated heterocycles. The highest BCUT2D eigenvalue weighted by molar-refractivity contribution is 5.42. The molecule has 0 amide bonds. The second-order valence-electron chi connectivity index (χ2n) is 5.48. The van der Waals surface area contributed by atoms with Crippen LogP contribution in [0.2, 0.25) is 0 Å². The summed E-state index contributed by atoms with van der Waals surface area (Å²) < 4.78 is 10.5. The quantitative estimate of drug-likeness (QED) is 0.652. The van der Waals surface area contributed by atoms with Gasteiger partial charge in [-0.25, -0.2) is 0 Å². The van der Waals surface area contributed by atoms with Crippen molar-refractivity contribution in [1.29, 1.82) is 0 Å². The largest absolute Gasteiger partial charge is 0.493 e. The van der Waals surface area contributed by atoms with Crippen LogP contribution in [0.4, 0.5) is 0 Å². The third kappa shape index (κ3) is 4.90. The Hall–Kier alpha value is -1.26. The third-order valence-corrected chi connectivity index (χ3v) is 4.37. The highest BCUT2D eigenvalue weighted by Crippen LogP contribution is 2.28. The molecule has 0 aliphatic carbocycles. The van der Waals surface area contributed by atoms with Gasteiger partial charge in [0.05, 0.1) is 14.2 Å². The zero-order chi connectivity index (χ0) is 15.7. The first-order valence-electron chi connectivity index (χ1n) is 7.67. The predicted octanol–water partition coefficient (Wildman–Crippen LogP) is 2.63. The van der Waals surface area contributed by atoms with E-state index >= 15 is 0 Å². The Morgan fingerprint density at radius 2 is 1.76 bits per heavy atom. The van der Waals surface area contributed by atoms with Gasteiger partial charge in [-0.2, -0.15) is 0 Å². The van der Waals surface area contributed by atoms with E-state index in [-0.39, 0.29) is 12.0 Å². The Morgan fingerprint density at radius 3 is 2.29 bits per heavy atom. The van der Waals surface area contributed by atoms with E-state index in [1.165, 1.54) is 5.56 Å². The molecule has 0 bridgehead atoms. The molecular weight excluding hydrogens is 266 g/mol. The Bertz CT molecular complexity index is 408. The maximum Gasteiger partial charge on any atom is 0.160 e. The zero-order valence-corrected chi connectivity index (χ0v) is 13.7. The second kappa shape index (κ2) is 8.90. The van der Waals surface area contributed by atoms with E-state index in [4.69, 9.17) is 9.47 Å². The van der Waals surface area contributed by atoms with Crippen molar-refractivity contribution in [3.05, 3.63) is 23.8 Å². The SMILES string of the molecule is CCC(CC)(CO)CNCCc1ccc(OC)c(OC)c1.